The maximum absolute atomic E-state index is 13.0. The van der Waals surface area contributed by atoms with Crippen LogP contribution in [0.1, 0.15) is 342 Å². The second-order valence-corrected chi connectivity index (χ2v) is 23.4. The number of hydrogen-bond donors (Lipinski definition) is 0. The van der Waals surface area contributed by atoms with Crippen LogP contribution in [-0.2, 0) is 28.6 Å². The van der Waals surface area contributed by atoms with Crippen molar-refractivity contribution in [2.45, 2.75) is 348 Å². The van der Waals surface area contributed by atoms with Crippen molar-refractivity contribution in [2.75, 3.05) is 13.2 Å². The van der Waals surface area contributed by atoms with Gasteiger partial charge in [0.2, 0.25) is 0 Å². The lowest BCUT2D eigenvalue weighted by atomic mass is 10.0. The van der Waals surface area contributed by atoms with Gasteiger partial charge in [-0.05, 0) is 103 Å². The van der Waals surface area contributed by atoms with E-state index >= 15 is 0 Å². The zero-order chi connectivity index (χ0) is 59.9. The summed E-state index contributed by atoms with van der Waals surface area (Å²) in [6.45, 7) is 6.43. The van der Waals surface area contributed by atoms with E-state index in [2.05, 4.69) is 130 Å². The van der Waals surface area contributed by atoms with Crippen LogP contribution in [0, 0.1) is 0 Å². The Hall–Kier alpha value is -3.93. The molecule has 0 bridgehead atoms. The van der Waals surface area contributed by atoms with Crippen molar-refractivity contribution in [3.05, 3.63) is 109 Å². The summed E-state index contributed by atoms with van der Waals surface area (Å²) in [5.41, 5.74) is 0. The van der Waals surface area contributed by atoms with E-state index in [4.69, 9.17) is 14.2 Å². The number of hydrogen-bond acceptors (Lipinski definition) is 6. The van der Waals surface area contributed by atoms with Gasteiger partial charge in [-0.2, -0.15) is 0 Å². The number of unbranched alkanes of at least 4 members (excludes halogenated alkanes) is 35. The Labute approximate surface area is 514 Å². The minimum Gasteiger partial charge on any atom is -0.462 e. The second kappa shape index (κ2) is 70.6. The van der Waals surface area contributed by atoms with Gasteiger partial charge < -0.3 is 14.2 Å². The average Bonchev–Trinajstić information content (AvgIpc) is 3.50. The van der Waals surface area contributed by atoms with Gasteiger partial charge in [0.15, 0.2) is 6.10 Å². The fourth-order valence-corrected chi connectivity index (χ4v) is 10.1. The van der Waals surface area contributed by atoms with Crippen molar-refractivity contribution in [3.8, 4) is 0 Å². The third-order valence-corrected chi connectivity index (χ3v) is 15.3. The van der Waals surface area contributed by atoms with Crippen molar-refractivity contribution in [1.29, 1.82) is 0 Å². The minimum atomic E-state index is -0.798. The van der Waals surface area contributed by atoms with Crippen molar-refractivity contribution < 1.29 is 28.6 Å². The monoisotopic (exact) mass is 1150 g/mol. The van der Waals surface area contributed by atoms with E-state index in [1.165, 1.54) is 154 Å². The van der Waals surface area contributed by atoms with Gasteiger partial charge in [-0.15, -0.1) is 0 Å². The van der Waals surface area contributed by atoms with Gasteiger partial charge in [0.1, 0.15) is 13.2 Å². The summed E-state index contributed by atoms with van der Waals surface area (Å²) in [5, 5.41) is 0. The third kappa shape index (κ3) is 68.7. The van der Waals surface area contributed by atoms with Gasteiger partial charge >= 0.3 is 17.9 Å². The average molecular weight is 1150 g/mol. The molecule has 6 heteroatoms. The Bertz CT molecular complexity index is 1660. The first-order valence-corrected chi connectivity index (χ1v) is 35.4. The number of esters is 3. The first-order chi connectivity index (χ1) is 41.0. The summed E-state index contributed by atoms with van der Waals surface area (Å²) in [6, 6.07) is 0. The summed E-state index contributed by atoms with van der Waals surface area (Å²) in [4.78, 5) is 38.5. The molecule has 0 N–H and O–H groups in total. The molecule has 0 aromatic rings. The number of carbonyl (C=O) groups excluding carboxylic acids is 3. The molecule has 0 fully saturated rings. The second-order valence-electron chi connectivity index (χ2n) is 23.4. The molecule has 0 amide bonds. The normalized spacial score (nSPS) is 12.8. The molecule has 1 unspecified atom stereocenters. The SMILES string of the molecule is CC/C=C\C/C=C\C/C=C\C/C=C\C/C=C\CCCCCCCC(=O)OC(COC(=O)CCCCCCCC/C=C\C/C=C\C/C=C\C/C=C\CC)COC(=O)CCCCCCCCCCCCCCCCCCCCCCCCCCC. The Morgan fingerprint density at radius 2 is 0.470 bits per heavy atom. The molecule has 1 atom stereocenters. The van der Waals surface area contributed by atoms with Crippen LogP contribution in [0.15, 0.2) is 109 Å². The molecule has 0 aliphatic heterocycles. The van der Waals surface area contributed by atoms with E-state index in [9.17, 15) is 14.4 Å². The van der Waals surface area contributed by atoms with Gasteiger partial charge in [0.25, 0.3) is 0 Å². The van der Waals surface area contributed by atoms with Gasteiger partial charge in [0, 0.05) is 19.3 Å². The molecule has 6 nitrogen and oxygen atoms in total. The largest absolute Gasteiger partial charge is 0.462 e. The van der Waals surface area contributed by atoms with Crippen LogP contribution in [0.4, 0.5) is 0 Å². The van der Waals surface area contributed by atoms with Crippen LogP contribution in [0.2, 0.25) is 0 Å². The molecule has 0 radical (unpaired) electrons. The highest BCUT2D eigenvalue weighted by Crippen LogP contribution is 2.18. The summed E-state index contributed by atoms with van der Waals surface area (Å²) in [6.07, 6.45) is 96.8. The van der Waals surface area contributed by atoms with Crippen molar-refractivity contribution >= 4 is 17.9 Å². The minimum absolute atomic E-state index is 0.0893. The molecule has 0 saturated carbocycles. The van der Waals surface area contributed by atoms with Crippen LogP contribution in [0.3, 0.4) is 0 Å². The standard InChI is InChI=1S/C77H132O6/c1-4-7-10-13-16-19-22-25-28-31-34-36-37-38-39-41-43-46-49-52-55-58-61-64-67-70-76(79)82-73-74(72-81-75(78)69-66-63-60-57-54-51-48-45-42-33-30-27-24-21-18-15-12-9-6-3)83-77(80)71-68-65-62-59-56-53-50-47-44-40-35-32-29-26-23-20-17-14-11-8-5-2/h8-9,11-12,17-18,20-21,26-27,29-30,35,40,42,45,47,50,74H,4-7,10,13-16,19,22-25,28,31-34,36-39,41,43-44,46,48-49,51-73H2,1-3H3/b11-8-,12-9-,20-17-,21-18-,29-26-,30-27-,40-35-,45-42-,50-47-. The number of carbonyl (C=O) groups is 3. The van der Waals surface area contributed by atoms with Crippen LogP contribution in [-0.4, -0.2) is 37.2 Å². The van der Waals surface area contributed by atoms with Crippen molar-refractivity contribution in [2.24, 2.45) is 0 Å². The van der Waals surface area contributed by atoms with Crippen molar-refractivity contribution in [3.63, 3.8) is 0 Å². The Kier molecular flexibility index (Phi) is 67.2. The molecule has 0 aromatic heterocycles. The molecule has 0 heterocycles. The van der Waals surface area contributed by atoms with E-state index in [-0.39, 0.29) is 31.1 Å². The first kappa shape index (κ1) is 79.1. The predicted molar refractivity (Wildman–Crippen MR) is 362 cm³/mol. The first-order valence-electron chi connectivity index (χ1n) is 35.4. The van der Waals surface area contributed by atoms with E-state index < -0.39 is 6.10 Å². The van der Waals surface area contributed by atoms with Crippen molar-refractivity contribution in [1.82, 2.24) is 0 Å². The highest BCUT2D eigenvalue weighted by Gasteiger charge is 2.19. The number of rotatable bonds is 64. The molecule has 83 heavy (non-hydrogen) atoms. The van der Waals surface area contributed by atoms with Gasteiger partial charge in [-0.3, -0.25) is 14.4 Å². The third-order valence-electron chi connectivity index (χ3n) is 15.3. The van der Waals surface area contributed by atoms with Gasteiger partial charge in [0.05, 0.1) is 0 Å². The summed E-state index contributed by atoms with van der Waals surface area (Å²) >= 11 is 0. The fourth-order valence-electron chi connectivity index (χ4n) is 10.1. The van der Waals surface area contributed by atoms with Crippen LogP contribution < -0.4 is 0 Å². The van der Waals surface area contributed by atoms with Gasteiger partial charge in [-0.1, -0.05) is 329 Å². The van der Waals surface area contributed by atoms with E-state index in [1.807, 2.05) is 0 Å². The molecule has 476 valence electrons. The molecular weight excluding hydrogens is 1020 g/mol. The molecule has 0 aromatic carbocycles. The van der Waals surface area contributed by atoms with Crippen LogP contribution in [0.25, 0.3) is 0 Å². The molecule has 0 saturated heterocycles. The van der Waals surface area contributed by atoms with E-state index in [1.54, 1.807) is 0 Å². The van der Waals surface area contributed by atoms with E-state index in [0.717, 1.165) is 148 Å². The molecular formula is C77H132O6. The van der Waals surface area contributed by atoms with E-state index in [0.29, 0.717) is 19.3 Å². The number of allylic oxidation sites excluding steroid dienone is 18. The van der Waals surface area contributed by atoms with Crippen LogP contribution in [0.5, 0.6) is 0 Å². The zero-order valence-electron chi connectivity index (χ0n) is 54.7. The molecule has 0 rings (SSSR count). The summed E-state index contributed by atoms with van der Waals surface area (Å²) in [5.74, 6) is -0.908. The molecule has 0 spiro atoms. The highest BCUT2D eigenvalue weighted by molar-refractivity contribution is 5.71. The molecule has 0 aliphatic carbocycles. The predicted octanol–water partition coefficient (Wildman–Crippen LogP) is 24.6. The summed E-state index contributed by atoms with van der Waals surface area (Å²) in [7, 11) is 0. The smallest absolute Gasteiger partial charge is 0.306 e. The summed E-state index contributed by atoms with van der Waals surface area (Å²) < 4.78 is 17.0. The zero-order valence-corrected chi connectivity index (χ0v) is 54.7. The topological polar surface area (TPSA) is 78.9 Å². The van der Waals surface area contributed by atoms with Gasteiger partial charge in [-0.25, -0.2) is 0 Å². The Balaban J connectivity index is 4.39. The Morgan fingerprint density at radius 3 is 0.735 bits per heavy atom. The number of ether oxygens (including phenoxy) is 3. The Morgan fingerprint density at radius 1 is 0.253 bits per heavy atom. The lowest BCUT2D eigenvalue weighted by molar-refractivity contribution is -0.167. The lowest BCUT2D eigenvalue weighted by Crippen LogP contribution is -2.30. The lowest BCUT2D eigenvalue weighted by Gasteiger charge is -2.18. The van der Waals surface area contributed by atoms with Crippen LogP contribution >= 0.6 is 0 Å². The highest BCUT2D eigenvalue weighted by atomic mass is 16.6. The fraction of sp³-hybridized carbons (Fsp3) is 0.727. The molecule has 0 aliphatic rings. The quantitative estimate of drug-likeness (QED) is 0.0261. The maximum Gasteiger partial charge on any atom is 0.306 e. The maximum atomic E-state index is 13.0.